The van der Waals surface area contributed by atoms with Crippen LogP contribution in [0, 0.1) is 24.1 Å². The molecule has 1 aliphatic heterocycles. The molecule has 1 heterocycles. The molecule has 4 heteroatoms. The molecule has 0 bridgehead atoms. The van der Waals surface area contributed by atoms with E-state index in [1.165, 1.54) is 12.7 Å². The van der Waals surface area contributed by atoms with Gasteiger partial charge in [-0.2, -0.15) is 0 Å². The number of rotatable bonds is 1. The highest BCUT2D eigenvalue weighted by Crippen LogP contribution is 2.39. The third kappa shape index (κ3) is 1.74. The van der Waals surface area contributed by atoms with Crippen LogP contribution < -0.4 is 4.74 Å². The zero-order valence-electron chi connectivity index (χ0n) is 9.21. The van der Waals surface area contributed by atoms with Crippen LogP contribution in [0.15, 0.2) is 30.3 Å². The van der Waals surface area contributed by atoms with Gasteiger partial charge in [-0.3, -0.25) is 0 Å². The average Bonchev–Trinajstić information content (AvgIpc) is 2.79. The van der Waals surface area contributed by atoms with Crippen LogP contribution in [0.2, 0.25) is 0 Å². The van der Waals surface area contributed by atoms with Crippen LogP contribution in [0.5, 0.6) is 5.75 Å². The van der Waals surface area contributed by atoms with Gasteiger partial charge in [-0.1, -0.05) is 0 Å². The van der Waals surface area contributed by atoms with E-state index < -0.39 is 17.5 Å². The first kappa shape index (κ1) is 11.1. The fraction of sp³-hybridized carbons (Fsp3) is 0.0714. The summed E-state index contributed by atoms with van der Waals surface area (Å²) in [6, 6.07) is 5.55. The second-order valence-corrected chi connectivity index (χ2v) is 4.05. The average molecular weight is 249 g/mol. The lowest BCUT2D eigenvalue weighted by atomic mass is 10.0. The number of hydrogen-bond acceptors (Lipinski definition) is 1. The quantitative estimate of drug-likeness (QED) is 0.745. The van der Waals surface area contributed by atoms with Crippen molar-refractivity contribution in [2.24, 2.45) is 0 Å². The first-order valence-electron chi connectivity index (χ1n) is 5.41. The smallest absolute Gasteiger partial charge is 0.140 e. The lowest BCUT2D eigenvalue weighted by Crippen LogP contribution is -1.91. The Morgan fingerprint density at radius 1 is 0.889 bits per heavy atom. The fourth-order valence-corrected chi connectivity index (χ4v) is 2.06. The van der Waals surface area contributed by atoms with Gasteiger partial charge < -0.3 is 4.74 Å². The number of ether oxygens (including phenoxy) is 1. The van der Waals surface area contributed by atoms with Crippen LogP contribution in [-0.4, -0.2) is 0 Å². The maximum atomic E-state index is 13.7. The normalized spacial score (nSPS) is 13.3. The maximum Gasteiger partial charge on any atom is 0.140 e. The second-order valence-electron chi connectivity index (χ2n) is 4.05. The Hall–Kier alpha value is -1.97. The highest BCUT2D eigenvalue weighted by atomic mass is 19.1. The third-order valence-electron chi connectivity index (χ3n) is 2.85. The fourth-order valence-electron chi connectivity index (χ4n) is 2.06. The zero-order valence-corrected chi connectivity index (χ0v) is 9.21. The number of halogens is 3. The van der Waals surface area contributed by atoms with Crippen LogP contribution in [0.1, 0.15) is 5.56 Å². The summed E-state index contributed by atoms with van der Waals surface area (Å²) in [4.78, 5) is 0. The van der Waals surface area contributed by atoms with E-state index in [-0.39, 0.29) is 11.1 Å². The molecule has 2 aromatic carbocycles. The molecule has 3 rings (SSSR count). The van der Waals surface area contributed by atoms with Gasteiger partial charge in [0, 0.05) is 23.1 Å². The minimum atomic E-state index is -0.611. The highest BCUT2D eigenvalue weighted by Gasteiger charge is 2.21. The molecule has 0 amide bonds. The van der Waals surface area contributed by atoms with Crippen molar-refractivity contribution in [3.8, 4) is 16.9 Å². The first-order valence-corrected chi connectivity index (χ1v) is 5.41. The molecule has 1 nitrogen and oxygen atoms in total. The first-order chi connectivity index (χ1) is 8.65. The molecule has 91 valence electrons. The SMILES string of the molecule is Fc1ccc(F)c(-c2cc(F)cc3c2O[CH]C3)c1. The number of fused-ring (bicyclic) bond motifs is 1. The monoisotopic (exact) mass is 249 g/mol. The zero-order chi connectivity index (χ0) is 12.7. The molecule has 0 atom stereocenters. The maximum absolute atomic E-state index is 13.7. The Morgan fingerprint density at radius 3 is 2.50 bits per heavy atom. The van der Waals surface area contributed by atoms with E-state index in [0.29, 0.717) is 17.7 Å². The van der Waals surface area contributed by atoms with E-state index in [4.69, 9.17) is 4.74 Å². The summed E-state index contributed by atoms with van der Waals surface area (Å²) in [5.41, 5.74) is 0.866. The molecule has 2 aromatic rings. The summed E-state index contributed by atoms with van der Waals surface area (Å²) >= 11 is 0. The van der Waals surface area contributed by atoms with Crippen molar-refractivity contribution in [3.05, 3.63) is 60.0 Å². The minimum Gasteiger partial charge on any atom is -0.485 e. The van der Waals surface area contributed by atoms with Crippen molar-refractivity contribution in [2.75, 3.05) is 0 Å². The Balaban J connectivity index is 2.26. The van der Waals surface area contributed by atoms with E-state index >= 15 is 0 Å². The van der Waals surface area contributed by atoms with E-state index in [9.17, 15) is 13.2 Å². The summed E-state index contributed by atoms with van der Waals surface area (Å²) in [6.07, 6.45) is 0.455. The van der Waals surface area contributed by atoms with E-state index in [1.54, 1.807) is 0 Å². The van der Waals surface area contributed by atoms with Crippen molar-refractivity contribution in [2.45, 2.75) is 6.42 Å². The number of benzene rings is 2. The molecule has 1 aliphatic rings. The molecule has 0 saturated carbocycles. The Kier molecular flexibility index (Phi) is 2.51. The van der Waals surface area contributed by atoms with Gasteiger partial charge in [0.1, 0.15) is 29.8 Å². The topological polar surface area (TPSA) is 9.23 Å². The molecule has 0 aliphatic carbocycles. The molecule has 0 unspecified atom stereocenters. The van der Waals surface area contributed by atoms with Gasteiger partial charge in [0.05, 0.1) is 0 Å². The highest BCUT2D eigenvalue weighted by molar-refractivity contribution is 5.73. The lowest BCUT2D eigenvalue weighted by Gasteiger charge is -2.09. The van der Waals surface area contributed by atoms with Crippen LogP contribution in [0.3, 0.4) is 0 Å². The summed E-state index contributed by atoms with van der Waals surface area (Å²) < 4.78 is 45.6. The van der Waals surface area contributed by atoms with Crippen LogP contribution in [0.4, 0.5) is 13.2 Å². The molecule has 18 heavy (non-hydrogen) atoms. The van der Waals surface area contributed by atoms with Gasteiger partial charge in [-0.25, -0.2) is 13.2 Å². The summed E-state index contributed by atoms with van der Waals surface area (Å²) in [6.45, 7) is 1.50. The molecular weight excluding hydrogens is 241 g/mol. The van der Waals surface area contributed by atoms with Gasteiger partial charge in [0.15, 0.2) is 0 Å². The predicted molar refractivity (Wildman–Crippen MR) is 60.4 cm³/mol. The van der Waals surface area contributed by atoms with E-state index in [0.717, 1.165) is 24.3 Å². The van der Waals surface area contributed by atoms with Crippen LogP contribution in [-0.2, 0) is 6.42 Å². The number of hydrogen-bond donors (Lipinski definition) is 0. The summed E-state index contributed by atoms with van der Waals surface area (Å²) in [5, 5.41) is 0. The Morgan fingerprint density at radius 2 is 1.67 bits per heavy atom. The lowest BCUT2D eigenvalue weighted by molar-refractivity contribution is 0.436. The predicted octanol–water partition coefficient (Wildman–Crippen LogP) is 3.87. The van der Waals surface area contributed by atoms with Gasteiger partial charge >= 0.3 is 0 Å². The van der Waals surface area contributed by atoms with Crippen LogP contribution >= 0.6 is 0 Å². The van der Waals surface area contributed by atoms with Crippen molar-refractivity contribution >= 4 is 0 Å². The van der Waals surface area contributed by atoms with Crippen molar-refractivity contribution in [1.82, 2.24) is 0 Å². The van der Waals surface area contributed by atoms with Crippen molar-refractivity contribution in [3.63, 3.8) is 0 Å². The standard InChI is InChI=1S/C14H8F3O/c15-9-1-2-13(17)11(6-9)12-7-10(16)5-8-3-4-18-14(8)12/h1-2,4-7H,3H2. The summed E-state index contributed by atoms with van der Waals surface area (Å²) in [7, 11) is 0. The minimum absolute atomic E-state index is 0.000972. The van der Waals surface area contributed by atoms with E-state index in [2.05, 4.69) is 0 Å². The molecule has 0 fully saturated rings. The van der Waals surface area contributed by atoms with Crippen LogP contribution in [0.25, 0.3) is 11.1 Å². The molecule has 0 spiro atoms. The molecule has 0 N–H and O–H groups in total. The third-order valence-corrected chi connectivity index (χ3v) is 2.85. The van der Waals surface area contributed by atoms with E-state index in [1.807, 2.05) is 0 Å². The van der Waals surface area contributed by atoms with Gasteiger partial charge in [-0.15, -0.1) is 0 Å². The molecule has 0 saturated heterocycles. The molecule has 1 radical (unpaired) electrons. The Bertz CT molecular complexity index is 623. The molecular formula is C14H8F3O. The van der Waals surface area contributed by atoms with Crippen molar-refractivity contribution < 1.29 is 17.9 Å². The Labute approximate surface area is 102 Å². The largest absolute Gasteiger partial charge is 0.485 e. The van der Waals surface area contributed by atoms with Gasteiger partial charge in [-0.05, 0) is 30.3 Å². The molecule has 0 aromatic heterocycles. The van der Waals surface area contributed by atoms with Gasteiger partial charge in [0.25, 0.3) is 0 Å². The second kappa shape index (κ2) is 4.05. The van der Waals surface area contributed by atoms with Gasteiger partial charge in [0.2, 0.25) is 0 Å². The summed E-state index contributed by atoms with van der Waals surface area (Å²) in [5.74, 6) is -1.29. The van der Waals surface area contributed by atoms with Crippen molar-refractivity contribution in [1.29, 1.82) is 0 Å².